The van der Waals surface area contributed by atoms with Crippen molar-refractivity contribution >= 4 is 0 Å². The Bertz CT molecular complexity index is 712. The molecule has 0 unspecified atom stereocenters. The van der Waals surface area contributed by atoms with Crippen molar-refractivity contribution in [1.29, 1.82) is 0 Å². The monoisotopic (exact) mass is 444 g/mol. The Morgan fingerprint density at radius 1 is 1.25 bits per heavy atom. The molecule has 182 valence electrons. The highest BCUT2D eigenvalue weighted by molar-refractivity contribution is 5.38. The Kier molecular flexibility index (Phi) is 8.50. The lowest BCUT2D eigenvalue weighted by molar-refractivity contribution is 0.0596. The number of aliphatic hydroxyl groups excluding tert-OH is 2. The maximum absolute atomic E-state index is 10.3. The summed E-state index contributed by atoms with van der Waals surface area (Å²) in [6, 6.07) is 0. The number of hydrogen-bond acceptors (Lipinski definition) is 3. The first kappa shape index (κ1) is 25.7. The third-order valence-corrected chi connectivity index (χ3v) is 9.07. The van der Waals surface area contributed by atoms with Gasteiger partial charge in [0, 0.05) is 6.61 Å². The Morgan fingerprint density at radius 2 is 2.00 bits per heavy atom. The van der Waals surface area contributed by atoms with Gasteiger partial charge in [-0.2, -0.15) is 0 Å². The molecule has 3 heteroatoms. The molecule has 0 aromatic heterocycles. The van der Waals surface area contributed by atoms with Crippen LogP contribution in [0.1, 0.15) is 98.3 Å². The maximum Gasteiger partial charge on any atom is 0.0591 e. The third kappa shape index (κ3) is 5.96. The highest BCUT2D eigenvalue weighted by Gasteiger charge is 2.50. The van der Waals surface area contributed by atoms with E-state index in [2.05, 4.69) is 32.6 Å². The molecular formula is C29H48O3. The first-order valence-corrected chi connectivity index (χ1v) is 13.1. The van der Waals surface area contributed by atoms with Crippen LogP contribution in [0.25, 0.3) is 0 Å². The van der Waals surface area contributed by atoms with Crippen LogP contribution in [0.3, 0.4) is 0 Å². The summed E-state index contributed by atoms with van der Waals surface area (Å²) < 4.78 is 0. The van der Waals surface area contributed by atoms with Crippen LogP contribution in [0.5, 0.6) is 0 Å². The molecular weight excluding hydrogens is 396 g/mol. The fraction of sp³-hybridized carbons (Fsp3) is 0.793. The van der Waals surface area contributed by atoms with Crippen LogP contribution in [-0.4, -0.2) is 33.6 Å². The zero-order valence-corrected chi connectivity index (χ0v) is 21.1. The average Bonchev–Trinajstić information content (AvgIpc) is 3.06. The quantitative estimate of drug-likeness (QED) is 0.409. The summed E-state index contributed by atoms with van der Waals surface area (Å²) in [5.74, 6) is 2.35. The predicted molar refractivity (Wildman–Crippen MR) is 133 cm³/mol. The van der Waals surface area contributed by atoms with Gasteiger partial charge in [-0.1, -0.05) is 51.0 Å². The first-order valence-electron chi connectivity index (χ1n) is 13.1. The van der Waals surface area contributed by atoms with Gasteiger partial charge in [-0.25, -0.2) is 0 Å². The van der Waals surface area contributed by atoms with Crippen molar-refractivity contribution in [3.8, 4) is 0 Å². The Balaban J connectivity index is 1.70. The maximum atomic E-state index is 10.3. The third-order valence-electron chi connectivity index (χ3n) is 9.07. The molecule has 3 N–H and O–H groups in total. The van der Waals surface area contributed by atoms with Gasteiger partial charge in [0.15, 0.2) is 0 Å². The van der Waals surface area contributed by atoms with Crippen molar-refractivity contribution in [2.75, 3.05) is 6.61 Å². The zero-order valence-electron chi connectivity index (χ0n) is 21.1. The van der Waals surface area contributed by atoms with Gasteiger partial charge >= 0.3 is 0 Å². The van der Waals surface area contributed by atoms with Gasteiger partial charge in [-0.15, -0.1) is 0 Å². The van der Waals surface area contributed by atoms with Crippen molar-refractivity contribution in [2.24, 2.45) is 29.1 Å². The summed E-state index contributed by atoms with van der Waals surface area (Å²) in [6.45, 7) is 13.3. The molecule has 0 saturated heterocycles. The van der Waals surface area contributed by atoms with Crippen LogP contribution in [0.15, 0.2) is 35.5 Å². The molecule has 3 fully saturated rings. The standard InChI is InChI=1S/C29H48O3/c1-20(8-6-15-28(3,4)32)26-12-13-27-22(9-7-16-29(26,27)5)10-11-23-18-25(31)19-24(14-17-30)21(23)2/h10-11,20,24-27,30-32H,2,6-9,12-19H2,1,3-5H3/b22-10+,23-11-/t20-,24-,25+,26-,27+,29-/m1/s1. The molecule has 0 aromatic rings. The second-order valence-electron chi connectivity index (χ2n) is 12.0. The van der Waals surface area contributed by atoms with E-state index in [-0.39, 0.29) is 18.6 Å². The Morgan fingerprint density at radius 3 is 2.69 bits per heavy atom. The summed E-state index contributed by atoms with van der Waals surface area (Å²) in [4.78, 5) is 0. The summed E-state index contributed by atoms with van der Waals surface area (Å²) in [5, 5.41) is 29.8. The van der Waals surface area contributed by atoms with Gasteiger partial charge < -0.3 is 15.3 Å². The zero-order chi connectivity index (χ0) is 23.5. The fourth-order valence-electron chi connectivity index (χ4n) is 7.30. The number of hydrogen-bond donors (Lipinski definition) is 3. The molecule has 3 saturated carbocycles. The second kappa shape index (κ2) is 10.6. The van der Waals surface area contributed by atoms with Gasteiger partial charge in [0.05, 0.1) is 11.7 Å². The lowest BCUT2D eigenvalue weighted by atomic mass is 9.60. The molecule has 0 radical (unpaired) electrons. The molecule has 0 bridgehead atoms. The highest BCUT2D eigenvalue weighted by Crippen LogP contribution is 2.60. The number of fused-ring (bicyclic) bond motifs is 1. The molecule has 0 heterocycles. The molecule has 0 amide bonds. The lowest BCUT2D eigenvalue weighted by Crippen LogP contribution is -2.36. The smallest absolute Gasteiger partial charge is 0.0591 e. The van der Waals surface area contributed by atoms with Gasteiger partial charge in [-0.05, 0) is 112 Å². The Hall–Kier alpha value is -0.900. The first-order chi connectivity index (χ1) is 15.0. The second-order valence-corrected chi connectivity index (χ2v) is 12.0. The Labute approximate surface area is 196 Å². The molecule has 3 aliphatic carbocycles. The van der Waals surface area contributed by atoms with Gasteiger partial charge in [0.1, 0.15) is 0 Å². The van der Waals surface area contributed by atoms with Gasteiger partial charge in [0.2, 0.25) is 0 Å². The molecule has 0 spiro atoms. The minimum absolute atomic E-state index is 0.153. The summed E-state index contributed by atoms with van der Waals surface area (Å²) >= 11 is 0. The van der Waals surface area contributed by atoms with E-state index in [0.29, 0.717) is 30.1 Å². The van der Waals surface area contributed by atoms with Crippen molar-refractivity contribution < 1.29 is 15.3 Å². The molecule has 3 nitrogen and oxygen atoms in total. The summed E-state index contributed by atoms with van der Waals surface area (Å²) in [5.41, 5.74) is 3.73. The lowest BCUT2D eigenvalue weighted by Gasteiger charge is -2.44. The van der Waals surface area contributed by atoms with E-state index in [1.165, 1.54) is 44.1 Å². The van der Waals surface area contributed by atoms with E-state index in [0.717, 1.165) is 30.8 Å². The van der Waals surface area contributed by atoms with E-state index in [1.807, 2.05) is 13.8 Å². The minimum Gasteiger partial charge on any atom is -0.396 e. The van der Waals surface area contributed by atoms with E-state index in [9.17, 15) is 15.3 Å². The SMILES string of the molecule is C=C1/C(=C\C=C2/CCC[C@]3(C)[C@@H]([C@H](C)CCCC(C)(C)O)CC[C@@H]23)C[C@H](O)C[C@H]1CCO. The van der Waals surface area contributed by atoms with E-state index in [1.54, 1.807) is 5.57 Å². The largest absolute Gasteiger partial charge is 0.396 e. The van der Waals surface area contributed by atoms with Crippen molar-refractivity contribution in [3.05, 3.63) is 35.5 Å². The normalized spacial score (nSPS) is 37.2. The predicted octanol–water partition coefficient (Wildman–Crippen LogP) is 6.34. The van der Waals surface area contributed by atoms with Gasteiger partial charge in [-0.3, -0.25) is 0 Å². The highest BCUT2D eigenvalue weighted by atomic mass is 16.3. The van der Waals surface area contributed by atoms with Crippen LogP contribution in [0, 0.1) is 29.1 Å². The summed E-state index contributed by atoms with van der Waals surface area (Å²) in [7, 11) is 0. The number of allylic oxidation sites excluding steroid dienone is 4. The molecule has 0 aromatic carbocycles. The van der Waals surface area contributed by atoms with E-state index in [4.69, 9.17) is 0 Å². The average molecular weight is 445 g/mol. The van der Waals surface area contributed by atoms with Crippen LogP contribution in [0.2, 0.25) is 0 Å². The topological polar surface area (TPSA) is 60.7 Å². The minimum atomic E-state index is -0.553. The van der Waals surface area contributed by atoms with Crippen LogP contribution >= 0.6 is 0 Å². The summed E-state index contributed by atoms with van der Waals surface area (Å²) in [6.07, 6.45) is 16.0. The molecule has 3 rings (SSSR count). The van der Waals surface area contributed by atoms with Crippen LogP contribution < -0.4 is 0 Å². The van der Waals surface area contributed by atoms with Gasteiger partial charge in [0.25, 0.3) is 0 Å². The van der Waals surface area contributed by atoms with Crippen molar-refractivity contribution in [2.45, 2.75) is 110 Å². The molecule has 6 atom stereocenters. The molecule has 3 aliphatic rings. The van der Waals surface area contributed by atoms with Crippen molar-refractivity contribution in [1.82, 2.24) is 0 Å². The van der Waals surface area contributed by atoms with Crippen LogP contribution in [0.4, 0.5) is 0 Å². The number of rotatable bonds is 8. The molecule has 32 heavy (non-hydrogen) atoms. The van der Waals surface area contributed by atoms with E-state index < -0.39 is 5.60 Å². The van der Waals surface area contributed by atoms with Crippen LogP contribution in [-0.2, 0) is 0 Å². The fourth-order valence-corrected chi connectivity index (χ4v) is 7.30. The van der Waals surface area contributed by atoms with E-state index >= 15 is 0 Å². The molecule has 0 aliphatic heterocycles. The van der Waals surface area contributed by atoms with Crippen molar-refractivity contribution in [3.63, 3.8) is 0 Å². The number of aliphatic hydroxyl groups is 3.